The quantitative estimate of drug-likeness (QED) is 0.290. The lowest BCUT2D eigenvalue weighted by Crippen LogP contribution is -2.61. The molecule has 12 heteroatoms. The molecule has 37 heavy (non-hydrogen) atoms. The molecule has 6 atom stereocenters. The van der Waals surface area contributed by atoms with E-state index in [4.69, 9.17) is 0 Å². The molecule has 10 nitrogen and oxygen atoms in total. The molecule has 1 heterocycles. The van der Waals surface area contributed by atoms with Gasteiger partial charge in [-0.05, 0) is 48.9 Å². The highest BCUT2D eigenvalue weighted by molar-refractivity contribution is 5.93. The predicted molar refractivity (Wildman–Crippen MR) is 130 cm³/mol. The second kappa shape index (κ2) is 9.99. The molecule has 1 saturated heterocycles. The van der Waals surface area contributed by atoms with Crippen molar-refractivity contribution in [2.75, 3.05) is 6.54 Å². The van der Waals surface area contributed by atoms with Gasteiger partial charge in [0.2, 0.25) is 17.7 Å². The molecule has 3 rings (SSSR count). The van der Waals surface area contributed by atoms with E-state index in [-0.39, 0.29) is 36.3 Å². The third-order valence-corrected chi connectivity index (χ3v) is 7.94. The number of nitrogens with zero attached hydrogens (tertiary/aromatic N) is 1. The maximum atomic E-state index is 13.6. The van der Waals surface area contributed by atoms with Gasteiger partial charge in [0, 0.05) is 19.0 Å². The summed E-state index contributed by atoms with van der Waals surface area (Å²) >= 11 is 0. The van der Waals surface area contributed by atoms with Crippen LogP contribution in [0.3, 0.4) is 0 Å². The van der Waals surface area contributed by atoms with Crippen molar-refractivity contribution in [3.05, 3.63) is 0 Å². The van der Waals surface area contributed by atoms with Crippen LogP contribution in [-0.4, -0.2) is 81.7 Å². The molecule has 0 aromatic heterocycles. The van der Waals surface area contributed by atoms with Crippen LogP contribution in [0.25, 0.3) is 0 Å². The minimum absolute atomic E-state index is 0.000778. The van der Waals surface area contributed by atoms with Crippen LogP contribution in [0.2, 0.25) is 0 Å². The smallest absolute Gasteiger partial charge is 0.405 e. The Morgan fingerprint density at radius 3 is 2.16 bits per heavy atom. The fraction of sp³-hybridized carbons (Fsp3) is 0.840. The van der Waals surface area contributed by atoms with E-state index in [1.165, 1.54) is 4.90 Å². The number of hydrogen-bond donors (Lipinski definition) is 5. The van der Waals surface area contributed by atoms with Gasteiger partial charge in [-0.15, -0.1) is 0 Å². The highest BCUT2D eigenvalue weighted by Gasteiger charge is 2.70. The van der Waals surface area contributed by atoms with Crippen molar-refractivity contribution in [3.63, 3.8) is 0 Å². The second-order valence-corrected chi connectivity index (χ2v) is 12.6. The molecule has 0 bridgehead atoms. The number of piperidine rings is 1. The molecule has 0 aromatic rings. The minimum atomic E-state index is -3.07. The number of nitrogens with one attached hydrogen (secondary N) is 3. The third-order valence-electron chi connectivity index (χ3n) is 7.94. The maximum Gasteiger partial charge on any atom is 0.405 e. The SMILES string of the molecule is CC(F)(F)CC[C@H](NC(=O)[C@@H]1[C@@H]2[C@H](CN1C(=O)[C@@H](NC(=O)O)C(C)(C)C)C2(C)C)C(O)C(=O)NC1CC1. The summed E-state index contributed by atoms with van der Waals surface area (Å²) in [6, 6.07) is -3.47. The predicted octanol–water partition coefficient (Wildman–Crippen LogP) is 1.71. The average Bonchev–Trinajstić information content (AvgIpc) is 3.59. The zero-order chi connectivity index (χ0) is 28.1. The molecular formula is C25H40F2N4O6. The molecule has 1 aliphatic heterocycles. The first-order valence-electron chi connectivity index (χ1n) is 12.8. The molecule has 0 aromatic carbocycles. The molecule has 0 radical (unpaired) electrons. The van der Waals surface area contributed by atoms with E-state index < -0.39 is 65.8 Å². The normalized spacial score (nSPS) is 26.9. The number of alkyl halides is 2. The molecule has 0 spiro atoms. The van der Waals surface area contributed by atoms with Crippen molar-refractivity contribution in [2.24, 2.45) is 22.7 Å². The number of carboxylic acid groups (broad SMARTS) is 1. The van der Waals surface area contributed by atoms with Crippen LogP contribution in [-0.2, 0) is 14.4 Å². The summed E-state index contributed by atoms with van der Waals surface area (Å²) in [5.41, 5.74) is -1.05. The molecule has 210 valence electrons. The summed E-state index contributed by atoms with van der Waals surface area (Å²) in [4.78, 5) is 52.4. The monoisotopic (exact) mass is 530 g/mol. The van der Waals surface area contributed by atoms with E-state index in [1.807, 2.05) is 13.8 Å². The lowest BCUT2D eigenvalue weighted by Gasteiger charge is -2.37. The van der Waals surface area contributed by atoms with E-state index >= 15 is 0 Å². The van der Waals surface area contributed by atoms with Crippen molar-refractivity contribution < 1.29 is 38.2 Å². The Morgan fingerprint density at radius 2 is 1.68 bits per heavy atom. The number of fused-ring (bicyclic) bond motifs is 1. The van der Waals surface area contributed by atoms with Gasteiger partial charge in [-0.2, -0.15) is 0 Å². The first-order chi connectivity index (χ1) is 16.8. The Balaban J connectivity index is 1.83. The molecule has 3 aliphatic rings. The zero-order valence-corrected chi connectivity index (χ0v) is 22.3. The summed E-state index contributed by atoms with van der Waals surface area (Å²) in [6.07, 6.45) is -2.60. The second-order valence-electron chi connectivity index (χ2n) is 12.6. The van der Waals surface area contributed by atoms with E-state index in [0.29, 0.717) is 0 Å². The van der Waals surface area contributed by atoms with Crippen molar-refractivity contribution in [3.8, 4) is 0 Å². The number of rotatable bonds is 10. The highest BCUT2D eigenvalue weighted by Crippen LogP contribution is 2.65. The summed E-state index contributed by atoms with van der Waals surface area (Å²) in [7, 11) is 0. The van der Waals surface area contributed by atoms with E-state index in [1.54, 1.807) is 20.8 Å². The van der Waals surface area contributed by atoms with Gasteiger partial charge in [-0.25, -0.2) is 13.6 Å². The fourth-order valence-corrected chi connectivity index (χ4v) is 5.43. The number of hydrogen-bond acceptors (Lipinski definition) is 5. The third kappa shape index (κ3) is 6.69. The molecule has 2 aliphatic carbocycles. The topological polar surface area (TPSA) is 148 Å². The standard InChI is InChI=1S/C25H40F2N4O6/c1-23(2,3)18(30-22(36)37)21(35)31-11-13-15(24(13,4)5)16(31)19(33)29-14(9-10-25(6,26)27)17(32)20(34)28-12-7-8-12/h12-18,30,32H,7-11H2,1-6H3,(H,28,34)(H,29,33)(H,36,37)/t13-,14-,15-,16-,17?,18+/m0/s1. The van der Waals surface area contributed by atoms with Crippen LogP contribution in [0.1, 0.15) is 67.2 Å². The van der Waals surface area contributed by atoms with Gasteiger partial charge in [-0.3, -0.25) is 14.4 Å². The number of aliphatic hydroxyl groups excluding tert-OH is 1. The van der Waals surface area contributed by atoms with Crippen LogP contribution in [0.5, 0.6) is 0 Å². The van der Waals surface area contributed by atoms with Crippen molar-refractivity contribution >= 4 is 23.8 Å². The van der Waals surface area contributed by atoms with E-state index in [2.05, 4.69) is 16.0 Å². The van der Waals surface area contributed by atoms with Crippen molar-refractivity contribution in [1.29, 1.82) is 0 Å². The van der Waals surface area contributed by atoms with Gasteiger partial charge in [0.25, 0.3) is 5.91 Å². The average molecular weight is 531 g/mol. The van der Waals surface area contributed by atoms with Crippen molar-refractivity contribution in [2.45, 2.75) is 103 Å². The molecular weight excluding hydrogens is 490 g/mol. The van der Waals surface area contributed by atoms with Gasteiger partial charge in [0.1, 0.15) is 12.1 Å². The van der Waals surface area contributed by atoms with Crippen molar-refractivity contribution in [1.82, 2.24) is 20.9 Å². The molecule has 3 fully saturated rings. The number of amides is 4. The Hall–Kier alpha value is -2.50. The first-order valence-corrected chi connectivity index (χ1v) is 12.8. The number of likely N-dealkylation sites (tertiary alicyclic amines) is 1. The Bertz CT molecular complexity index is 927. The Kier molecular flexibility index (Phi) is 7.85. The summed E-state index contributed by atoms with van der Waals surface area (Å²) < 4.78 is 27.3. The summed E-state index contributed by atoms with van der Waals surface area (Å²) in [6.45, 7) is 10.0. The number of halogens is 2. The van der Waals surface area contributed by atoms with Gasteiger partial charge < -0.3 is 31.1 Å². The van der Waals surface area contributed by atoms with Gasteiger partial charge >= 0.3 is 6.09 Å². The minimum Gasteiger partial charge on any atom is -0.465 e. The van der Waals surface area contributed by atoms with Crippen LogP contribution < -0.4 is 16.0 Å². The lowest BCUT2D eigenvalue weighted by molar-refractivity contribution is -0.145. The zero-order valence-electron chi connectivity index (χ0n) is 22.3. The van der Waals surface area contributed by atoms with Crippen LogP contribution in [0, 0.1) is 22.7 Å². The molecule has 4 amide bonds. The van der Waals surface area contributed by atoms with Gasteiger partial charge in [0.15, 0.2) is 6.10 Å². The molecule has 5 N–H and O–H groups in total. The lowest BCUT2D eigenvalue weighted by atomic mass is 9.85. The first kappa shape index (κ1) is 29.1. The number of carbonyl (C=O) groups excluding carboxylic acids is 3. The van der Waals surface area contributed by atoms with Crippen LogP contribution >= 0.6 is 0 Å². The van der Waals surface area contributed by atoms with Crippen LogP contribution in [0.15, 0.2) is 0 Å². The van der Waals surface area contributed by atoms with E-state index in [0.717, 1.165) is 19.8 Å². The summed E-state index contributed by atoms with van der Waals surface area (Å²) in [5.74, 6) is -5.25. The Morgan fingerprint density at radius 1 is 1.08 bits per heavy atom. The Labute approximate surface area is 215 Å². The van der Waals surface area contributed by atoms with Gasteiger partial charge in [-0.1, -0.05) is 34.6 Å². The number of aliphatic hydroxyl groups is 1. The molecule has 1 unspecified atom stereocenters. The number of carbonyl (C=O) groups is 4. The van der Waals surface area contributed by atoms with E-state index in [9.17, 15) is 38.2 Å². The van der Waals surface area contributed by atoms with Crippen LogP contribution in [0.4, 0.5) is 13.6 Å². The largest absolute Gasteiger partial charge is 0.465 e. The maximum absolute atomic E-state index is 13.6. The highest BCUT2D eigenvalue weighted by atomic mass is 19.3. The van der Waals surface area contributed by atoms with Gasteiger partial charge in [0.05, 0.1) is 6.04 Å². The summed E-state index contributed by atoms with van der Waals surface area (Å²) in [5, 5.41) is 27.4. The molecule has 2 saturated carbocycles. The fourth-order valence-electron chi connectivity index (χ4n) is 5.43.